The van der Waals surface area contributed by atoms with Gasteiger partial charge in [-0.15, -0.1) is 0 Å². The van der Waals surface area contributed by atoms with Gasteiger partial charge in [0, 0.05) is 13.6 Å². The van der Waals surface area contributed by atoms with Crippen molar-refractivity contribution in [3.05, 3.63) is 24.3 Å². The maximum absolute atomic E-state index is 11.8. The summed E-state index contributed by atoms with van der Waals surface area (Å²) in [6.45, 7) is 3.61. The highest BCUT2D eigenvalue weighted by molar-refractivity contribution is 5.75. The molecule has 0 radical (unpaired) electrons. The highest BCUT2D eigenvalue weighted by Crippen LogP contribution is 2.26. The number of carbonyl (C=O) groups excluding carboxylic acids is 1. The van der Waals surface area contributed by atoms with E-state index in [1.54, 1.807) is 7.11 Å². The Bertz CT molecular complexity index is 437. The maximum atomic E-state index is 11.8. The number of methoxy groups -OCH3 is 2. The fourth-order valence-corrected chi connectivity index (χ4v) is 2.15. The van der Waals surface area contributed by atoms with Crippen molar-refractivity contribution in [2.24, 2.45) is 0 Å². The molecule has 0 fully saturated rings. The van der Waals surface area contributed by atoms with Crippen LogP contribution in [0.25, 0.3) is 0 Å². The van der Waals surface area contributed by atoms with Gasteiger partial charge in [-0.25, -0.2) is 0 Å². The van der Waals surface area contributed by atoms with Gasteiger partial charge in [0.05, 0.1) is 19.9 Å². The quantitative estimate of drug-likeness (QED) is 0.707. The number of carbonyl (C=O) groups is 1. The predicted molar refractivity (Wildman–Crippen MR) is 85.0 cm³/mol. The van der Waals surface area contributed by atoms with Crippen LogP contribution in [-0.4, -0.2) is 46.4 Å². The standard InChI is InChI=1S/C16H26N2O3/c1-5-11-17-13(16(19)21-4)10-12-18(2)14-8-6-7-9-15(14)20-3/h6-9,13,17H,5,10-12H2,1-4H3. The lowest BCUT2D eigenvalue weighted by atomic mass is 10.2. The van der Waals surface area contributed by atoms with E-state index >= 15 is 0 Å². The molecule has 5 heteroatoms. The second-order valence-corrected chi connectivity index (χ2v) is 4.91. The third kappa shape index (κ3) is 5.27. The predicted octanol–water partition coefficient (Wildman–Crippen LogP) is 2.06. The van der Waals surface area contributed by atoms with Crippen molar-refractivity contribution in [1.82, 2.24) is 5.32 Å². The van der Waals surface area contributed by atoms with E-state index in [4.69, 9.17) is 9.47 Å². The summed E-state index contributed by atoms with van der Waals surface area (Å²) in [5, 5.41) is 3.22. The number of esters is 1. The van der Waals surface area contributed by atoms with E-state index in [2.05, 4.69) is 17.1 Å². The number of anilines is 1. The van der Waals surface area contributed by atoms with E-state index in [1.165, 1.54) is 7.11 Å². The minimum Gasteiger partial charge on any atom is -0.495 e. The van der Waals surface area contributed by atoms with Crippen molar-refractivity contribution in [3.8, 4) is 5.75 Å². The van der Waals surface area contributed by atoms with Crippen LogP contribution in [0.1, 0.15) is 19.8 Å². The van der Waals surface area contributed by atoms with Crippen LogP contribution in [0, 0.1) is 0 Å². The molecule has 1 aromatic rings. The molecule has 1 atom stereocenters. The lowest BCUT2D eigenvalue weighted by Gasteiger charge is -2.24. The van der Waals surface area contributed by atoms with Crippen LogP contribution in [0.4, 0.5) is 5.69 Å². The molecular weight excluding hydrogens is 268 g/mol. The zero-order valence-corrected chi connectivity index (χ0v) is 13.4. The van der Waals surface area contributed by atoms with Crippen LogP contribution in [0.15, 0.2) is 24.3 Å². The Morgan fingerprint density at radius 1 is 1.33 bits per heavy atom. The Kier molecular flexibility index (Phi) is 7.61. The van der Waals surface area contributed by atoms with Gasteiger partial charge in [0.2, 0.25) is 0 Å². The molecule has 21 heavy (non-hydrogen) atoms. The second-order valence-electron chi connectivity index (χ2n) is 4.91. The van der Waals surface area contributed by atoms with Crippen molar-refractivity contribution in [2.75, 3.05) is 39.3 Å². The van der Waals surface area contributed by atoms with E-state index < -0.39 is 0 Å². The first kappa shape index (κ1) is 17.3. The molecule has 0 heterocycles. The minimum absolute atomic E-state index is 0.211. The van der Waals surface area contributed by atoms with Gasteiger partial charge in [-0.1, -0.05) is 19.1 Å². The molecule has 1 aromatic carbocycles. The summed E-state index contributed by atoms with van der Waals surface area (Å²) in [6.07, 6.45) is 1.66. The molecule has 0 aliphatic heterocycles. The number of hydrogen-bond donors (Lipinski definition) is 1. The first-order valence-electron chi connectivity index (χ1n) is 7.29. The third-order valence-corrected chi connectivity index (χ3v) is 3.38. The number of nitrogens with one attached hydrogen (secondary N) is 1. The number of benzene rings is 1. The summed E-state index contributed by atoms with van der Waals surface area (Å²) in [5.74, 6) is 0.619. The fourth-order valence-electron chi connectivity index (χ4n) is 2.15. The molecule has 0 aromatic heterocycles. The Hall–Kier alpha value is -1.75. The van der Waals surface area contributed by atoms with E-state index in [0.717, 1.165) is 30.9 Å². The van der Waals surface area contributed by atoms with Gasteiger partial charge < -0.3 is 19.7 Å². The van der Waals surface area contributed by atoms with Crippen molar-refractivity contribution in [2.45, 2.75) is 25.8 Å². The van der Waals surface area contributed by atoms with Gasteiger partial charge in [-0.3, -0.25) is 4.79 Å². The lowest BCUT2D eigenvalue weighted by molar-refractivity contribution is -0.143. The number of ether oxygens (including phenoxy) is 2. The van der Waals surface area contributed by atoms with Crippen molar-refractivity contribution in [3.63, 3.8) is 0 Å². The average molecular weight is 294 g/mol. The minimum atomic E-state index is -0.271. The van der Waals surface area contributed by atoms with Crippen LogP contribution in [-0.2, 0) is 9.53 Å². The molecule has 1 rings (SSSR count). The lowest BCUT2D eigenvalue weighted by Crippen LogP contribution is -2.40. The molecule has 0 spiro atoms. The topological polar surface area (TPSA) is 50.8 Å². The van der Waals surface area contributed by atoms with Crippen molar-refractivity contribution < 1.29 is 14.3 Å². The zero-order chi connectivity index (χ0) is 15.7. The SMILES string of the molecule is CCCNC(CCN(C)c1ccccc1OC)C(=O)OC. The van der Waals surface area contributed by atoms with Gasteiger partial charge >= 0.3 is 5.97 Å². The largest absolute Gasteiger partial charge is 0.495 e. The van der Waals surface area contributed by atoms with Gasteiger partial charge in [-0.05, 0) is 31.5 Å². The molecule has 0 aliphatic carbocycles. The van der Waals surface area contributed by atoms with Crippen molar-refractivity contribution in [1.29, 1.82) is 0 Å². The highest BCUT2D eigenvalue weighted by Gasteiger charge is 2.19. The zero-order valence-electron chi connectivity index (χ0n) is 13.4. The molecule has 0 saturated heterocycles. The summed E-state index contributed by atoms with van der Waals surface area (Å²) in [6, 6.07) is 7.58. The number of rotatable bonds is 9. The summed E-state index contributed by atoms with van der Waals surface area (Å²) in [4.78, 5) is 13.8. The highest BCUT2D eigenvalue weighted by atomic mass is 16.5. The molecule has 5 nitrogen and oxygen atoms in total. The van der Waals surface area contributed by atoms with E-state index in [9.17, 15) is 4.79 Å². The van der Waals surface area contributed by atoms with Gasteiger partial charge in [0.15, 0.2) is 0 Å². The third-order valence-electron chi connectivity index (χ3n) is 3.38. The monoisotopic (exact) mass is 294 g/mol. The number of nitrogens with zero attached hydrogens (tertiary/aromatic N) is 1. The summed E-state index contributed by atoms with van der Waals surface area (Å²) in [7, 11) is 5.08. The Morgan fingerprint density at radius 3 is 2.67 bits per heavy atom. The van der Waals surface area contributed by atoms with Crippen LogP contribution in [0.5, 0.6) is 5.75 Å². The first-order valence-corrected chi connectivity index (χ1v) is 7.29. The Labute approximate surface area is 127 Å². The molecule has 1 N–H and O–H groups in total. The molecule has 118 valence electrons. The Morgan fingerprint density at radius 2 is 2.05 bits per heavy atom. The molecule has 0 saturated carbocycles. The van der Waals surface area contributed by atoms with Crippen LogP contribution in [0.3, 0.4) is 0 Å². The normalized spacial score (nSPS) is 11.8. The number of para-hydroxylation sites is 2. The first-order chi connectivity index (χ1) is 10.1. The van der Waals surface area contributed by atoms with Crippen LogP contribution in [0.2, 0.25) is 0 Å². The number of hydrogen-bond acceptors (Lipinski definition) is 5. The van der Waals surface area contributed by atoms with Crippen LogP contribution >= 0.6 is 0 Å². The fraction of sp³-hybridized carbons (Fsp3) is 0.562. The smallest absolute Gasteiger partial charge is 0.322 e. The average Bonchev–Trinajstić information content (AvgIpc) is 2.53. The molecular formula is C16H26N2O3. The summed E-state index contributed by atoms with van der Waals surface area (Å²) >= 11 is 0. The maximum Gasteiger partial charge on any atom is 0.322 e. The molecule has 0 aliphatic rings. The molecule has 0 amide bonds. The molecule has 1 unspecified atom stereocenters. The van der Waals surface area contributed by atoms with Gasteiger partial charge in [-0.2, -0.15) is 0 Å². The summed E-state index contributed by atoms with van der Waals surface area (Å²) in [5.41, 5.74) is 1.01. The molecule has 0 bridgehead atoms. The van der Waals surface area contributed by atoms with E-state index in [1.807, 2.05) is 31.3 Å². The second kappa shape index (κ2) is 9.23. The van der Waals surface area contributed by atoms with Gasteiger partial charge in [0.25, 0.3) is 0 Å². The van der Waals surface area contributed by atoms with E-state index in [0.29, 0.717) is 6.42 Å². The Balaban J connectivity index is 2.63. The van der Waals surface area contributed by atoms with Crippen molar-refractivity contribution >= 4 is 11.7 Å². The van der Waals surface area contributed by atoms with Gasteiger partial charge in [0.1, 0.15) is 11.8 Å². The van der Waals surface area contributed by atoms with E-state index in [-0.39, 0.29) is 12.0 Å². The van der Waals surface area contributed by atoms with Crippen LogP contribution < -0.4 is 15.0 Å². The summed E-state index contributed by atoms with van der Waals surface area (Å²) < 4.78 is 10.2.